The molecule has 8 heteroatoms. The summed E-state index contributed by atoms with van der Waals surface area (Å²) in [5, 5.41) is 20.9. The van der Waals surface area contributed by atoms with Gasteiger partial charge in [0.05, 0.1) is 23.6 Å². The number of phenols is 1. The van der Waals surface area contributed by atoms with Crippen molar-refractivity contribution in [3.05, 3.63) is 102 Å². The van der Waals surface area contributed by atoms with Crippen LogP contribution in [0.15, 0.2) is 96.0 Å². The number of hydrogen-bond donors (Lipinski definition) is 2. The first kappa shape index (κ1) is 23.5. The number of amides is 2. The topological polar surface area (TPSA) is 96.3 Å². The van der Waals surface area contributed by atoms with E-state index in [-0.39, 0.29) is 30.1 Å². The van der Waals surface area contributed by atoms with Gasteiger partial charge in [-0.05, 0) is 71.8 Å². The van der Waals surface area contributed by atoms with Crippen LogP contribution < -0.4 is 9.64 Å². The van der Waals surface area contributed by atoms with Crippen LogP contribution in [0.1, 0.15) is 24.5 Å². The number of rotatable bonds is 5. The first-order valence-electron chi connectivity index (χ1n) is 12.5. The Bertz CT molecular complexity index is 1340. The predicted octanol–water partition coefficient (Wildman–Crippen LogP) is 4.07. The second kappa shape index (κ2) is 9.54. The summed E-state index contributed by atoms with van der Waals surface area (Å²) in [5.41, 5.74) is 2.78. The number of allylic oxidation sites excluding steroid dienone is 1. The summed E-state index contributed by atoms with van der Waals surface area (Å²) in [6, 6.07) is 25.0. The van der Waals surface area contributed by atoms with E-state index in [1.165, 1.54) is 4.90 Å². The number of anilines is 1. The second-order valence-electron chi connectivity index (χ2n) is 9.76. The molecular weight excluding hydrogens is 469 g/mol. The number of aromatic hydroxyl groups is 1. The van der Waals surface area contributed by atoms with Gasteiger partial charge >= 0.3 is 7.12 Å². The highest BCUT2D eigenvalue weighted by Gasteiger charge is 2.58. The van der Waals surface area contributed by atoms with E-state index in [4.69, 9.17) is 9.39 Å². The van der Waals surface area contributed by atoms with Crippen LogP contribution in [-0.2, 0) is 14.2 Å². The number of fused-ring (bicyclic) bond motifs is 3. The fourth-order valence-corrected chi connectivity index (χ4v) is 5.97. The Morgan fingerprint density at radius 2 is 1.57 bits per heavy atom. The van der Waals surface area contributed by atoms with Crippen molar-refractivity contribution in [1.82, 2.24) is 0 Å². The minimum atomic E-state index is -1.23. The van der Waals surface area contributed by atoms with Gasteiger partial charge in [0.2, 0.25) is 11.8 Å². The van der Waals surface area contributed by atoms with Crippen LogP contribution >= 0.6 is 0 Å². The van der Waals surface area contributed by atoms with Crippen molar-refractivity contribution in [2.75, 3.05) is 11.5 Å². The average Bonchev–Trinajstić information content (AvgIpc) is 3.18. The molecule has 3 aromatic rings. The number of hydrogen-bond acceptors (Lipinski definition) is 6. The minimum Gasteiger partial charge on any atom is -0.508 e. The number of ether oxygens (including phenoxy) is 1. The maximum atomic E-state index is 13.8. The first-order valence-corrected chi connectivity index (χ1v) is 12.5. The molecular formula is C29H26BNO6. The lowest BCUT2D eigenvalue weighted by molar-refractivity contribution is -0.123. The van der Waals surface area contributed by atoms with E-state index in [9.17, 15) is 19.7 Å². The molecule has 0 unspecified atom stereocenters. The zero-order chi connectivity index (χ0) is 25.5. The van der Waals surface area contributed by atoms with Gasteiger partial charge in [0, 0.05) is 0 Å². The third-order valence-electron chi connectivity index (χ3n) is 7.65. The van der Waals surface area contributed by atoms with Crippen molar-refractivity contribution in [3.63, 3.8) is 0 Å². The molecule has 1 aliphatic carbocycles. The first-order chi connectivity index (χ1) is 18.0. The Hall–Kier alpha value is -3.88. The summed E-state index contributed by atoms with van der Waals surface area (Å²) in [6.45, 7) is 0.191. The standard InChI is InChI=1S/C29H26BNO6/c32-21-13-11-18(12-14-21)25-16-23-26-24(28(33)31(29(26)34)20-7-3-1-4-8-20)15-19(27(23)30(35)37-25)17-36-22-9-5-2-6-10-22/h1-14,23-26,32,35H,15-17H2/t23-,24-,25-,26+/m0/s1. The molecule has 2 saturated heterocycles. The van der Waals surface area contributed by atoms with E-state index >= 15 is 0 Å². The van der Waals surface area contributed by atoms with Crippen LogP contribution in [0.2, 0.25) is 0 Å². The Balaban J connectivity index is 1.38. The van der Waals surface area contributed by atoms with Crippen LogP contribution in [0.5, 0.6) is 11.5 Å². The summed E-state index contributed by atoms with van der Waals surface area (Å²) < 4.78 is 12.1. The number of para-hydroxylation sites is 2. The molecule has 37 heavy (non-hydrogen) atoms. The Morgan fingerprint density at radius 3 is 2.27 bits per heavy atom. The number of carbonyl (C=O) groups is 2. The van der Waals surface area contributed by atoms with Gasteiger partial charge in [-0.3, -0.25) is 14.5 Å². The molecule has 0 saturated carbocycles. The van der Waals surface area contributed by atoms with Gasteiger partial charge in [-0.25, -0.2) is 0 Å². The molecule has 7 nitrogen and oxygen atoms in total. The number of carbonyl (C=O) groups excluding carboxylic acids is 2. The molecule has 0 aromatic heterocycles. The van der Waals surface area contributed by atoms with Crippen LogP contribution in [-0.4, -0.2) is 35.7 Å². The zero-order valence-electron chi connectivity index (χ0n) is 20.1. The van der Waals surface area contributed by atoms with Gasteiger partial charge in [0.25, 0.3) is 0 Å². The second-order valence-corrected chi connectivity index (χ2v) is 9.76. The molecule has 0 bridgehead atoms. The molecule has 3 aliphatic rings. The highest BCUT2D eigenvalue weighted by atomic mass is 16.5. The molecule has 2 amide bonds. The summed E-state index contributed by atoms with van der Waals surface area (Å²) >= 11 is 0. The van der Waals surface area contributed by atoms with Gasteiger partial charge in [-0.2, -0.15) is 0 Å². The van der Waals surface area contributed by atoms with Crippen molar-refractivity contribution in [2.24, 2.45) is 17.8 Å². The third kappa shape index (κ3) is 4.22. The molecule has 4 atom stereocenters. The maximum Gasteiger partial charge on any atom is 0.487 e. The van der Waals surface area contributed by atoms with E-state index in [1.807, 2.05) is 36.4 Å². The molecule has 2 N–H and O–H groups in total. The summed E-state index contributed by atoms with van der Waals surface area (Å²) in [4.78, 5) is 28.7. The van der Waals surface area contributed by atoms with Crippen molar-refractivity contribution >= 4 is 24.6 Å². The van der Waals surface area contributed by atoms with Gasteiger partial charge < -0.3 is 19.5 Å². The lowest BCUT2D eigenvalue weighted by atomic mass is 9.55. The number of phenolic OH excluding ortho intramolecular Hbond substituents is 1. The lowest BCUT2D eigenvalue weighted by Gasteiger charge is -2.42. The Morgan fingerprint density at radius 1 is 0.892 bits per heavy atom. The molecule has 0 spiro atoms. The summed E-state index contributed by atoms with van der Waals surface area (Å²) in [6.07, 6.45) is 0.254. The number of nitrogens with zero attached hydrogens (tertiary/aromatic N) is 1. The zero-order valence-corrected chi connectivity index (χ0v) is 20.1. The smallest absolute Gasteiger partial charge is 0.487 e. The van der Waals surface area contributed by atoms with E-state index in [2.05, 4.69) is 0 Å². The molecule has 2 fully saturated rings. The van der Waals surface area contributed by atoms with Crippen LogP contribution in [0, 0.1) is 17.8 Å². The molecule has 3 aromatic carbocycles. The molecule has 2 heterocycles. The summed E-state index contributed by atoms with van der Waals surface area (Å²) in [7, 11) is -1.23. The van der Waals surface area contributed by atoms with Crippen LogP contribution in [0.3, 0.4) is 0 Å². The lowest BCUT2D eigenvalue weighted by Crippen LogP contribution is -2.45. The Labute approximate surface area is 215 Å². The average molecular weight is 495 g/mol. The van der Waals surface area contributed by atoms with E-state index in [0.717, 1.165) is 11.1 Å². The molecule has 186 valence electrons. The largest absolute Gasteiger partial charge is 0.508 e. The highest BCUT2D eigenvalue weighted by Crippen LogP contribution is 2.52. The predicted molar refractivity (Wildman–Crippen MR) is 138 cm³/mol. The summed E-state index contributed by atoms with van der Waals surface area (Å²) in [5.74, 6) is -1.18. The number of benzene rings is 3. The monoisotopic (exact) mass is 495 g/mol. The van der Waals surface area contributed by atoms with Crippen molar-refractivity contribution in [3.8, 4) is 11.5 Å². The highest BCUT2D eigenvalue weighted by molar-refractivity contribution is 6.53. The van der Waals surface area contributed by atoms with Gasteiger partial charge in [-0.15, -0.1) is 0 Å². The van der Waals surface area contributed by atoms with Gasteiger partial charge in [-0.1, -0.05) is 48.5 Å². The van der Waals surface area contributed by atoms with Crippen molar-refractivity contribution in [1.29, 1.82) is 0 Å². The van der Waals surface area contributed by atoms with Crippen LogP contribution in [0.25, 0.3) is 0 Å². The van der Waals surface area contributed by atoms with Crippen molar-refractivity contribution in [2.45, 2.75) is 18.9 Å². The number of imide groups is 1. The Kier molecular flexibility index (Phi) is 6.06. The maximum absolute atomic E-state index is 13.8. The fraction of sp³-hybridized carbons (Fsp3) is 0.241. The molecule has 6 rings (SSSR count). The minimum absolute atomic E-state index is 0.133. The molecule has 2 aliphatic heterocycles. The van der Waals surface area contributed by atoms with E-state index in [1.54, 1.807) is 48.5 Å². The van der Waals surface area contributed by atoms with Crippen LogP contribution in [0.4, 0.5) is 5.69 Å². The fourth-order valence-electron chi connectivity index (χ4n) is 5.97. The van der Waals surface area contributed by atoms with Gasteiger partial charge in [0.1, 0.15) is 18.1 Å². The SMILES string of the molecule is O=C1[C@H]2[C@H](CC(COc3ccccc3)=C3B(O)O[C@H](c4ccc(O)cc4)C[C@H]32)C(=O)N1c1ccccc1. The van der Waals surface area contributed by atoms with Gasteiger partial charge in [0.15, 0.2) is 0 Å². The normalized spacial score (nSPS) is 25.2. The van der Waals surface area contributed by atoms with E-state index in [0.29, 0.717) is 29.8 Å². The van der Waals surface area contributed by atoms with Crippen molar-refractivity contribution < 1.29 is 29.1 Å². The molecule has 0 radical (unpaired) electrons. The third-order valence-corrected chi connectivity index (χ3v) is 7.65. The van der Waals surface area contributed by atoms with E-state index < -0.39 is 25.1 Å². The quantitative estimate of drug-likeness (QED) is 0.409.